The van der Waals surface area contributed by atoms with E-state index in [1.165, 1.54) is 11.3 Å². The van der Waals surface area contributed by atoms with E-state index in [0.29, 0.717) is 18.3 Å². The summed E-state index contributed by atoms with van der Waals surface area (Å²) in [6.07, 6.45) is 0.593. The maximum absolute atomic E-state index is 11.9. The third-order valence-corrected chi connectivity index (χ3v) is 4.23. The third-order valence-electron chi connectivity index (χ3n) is 3.32. The Hall–Kier alpha value is -1.16. The van der Waals surface area contributed by atoms with Crippen molar-refractivity contribution in [2.45, 2.75) is 20.3 Å². The van der Waals surface area contributed by atoms with Gasteiger partial charge in [0.05, 0.1) is 11.4 Å². The molecular weight excluding hydrogens is 234 g/mol. The van der Waals surface area contributed by atoms with Gasteiger partial charge in [-0.2, -0.15) is 0 Å². The van der Waals surface area contributed by atoms with Crippen molar-refractivity contribution in [3.05, 3.63) is 22.4 Å². The van der Waals surface area contributed by atoms with E-state index in [1.54, 1.807) is 4.90 Å². The Kier molecular flexibility index (Phi) is 3.62. The molecule has 2 heterocycles. The fourth-order valence-electron chi connectivity index (χ4n) is 2.09. The van der Waals surface area contributed by atoms with Crippen LogP contribution in [0.25, 0.3) is 0 Å². The molecule has 0 spiro atoms. The first-order chi connectivity index (χ1) is 8.08. The summed E-state index contributed by atoms with van der Waals surface area (Å²) in [6, 6.07) is 3.67. The van der Waals surface area contributed by atoms with Gasteiger partial charge in [-0.15, -0.1) is 11.3 Å². The van der Waals surface area contributed by atoms with Crippen molar-refractivity contribution < 1.29 is 9.59 Å². The highest BCUT2D eigenvalue weighted by Crippen LogP contribution is 2.25. The molecule has 1 aromatic heterocycles. The minimum atomic E-state index is 0.0535. The number of thiophene rings is 1. The Morgan fingerprint density at radius 2 is 2.35 bits per heavy atom. The number of carbonyl (C=O) groups is 2. The van der Waals surface area contributed by atoms with Crippen molar-refractivity contribution in [3.63, 3.8) is 0 Å². The second kappa shape index (κ2) is 5.00. The highest BCUT2D eigenvalue weighted by molar-refractivity contribution is 7.12. The molecule has 3 nitrogen and oxygen atoms in total. The van der Waals surface area contributed by atoms with Gasteiger partial charge in [0.1, 0.15) is 0 Å². The summed E-state index contributed by atoms with van der Waals surface area (Å²) in [4.78, 5) is 26.1. The highest BCUT2D eigenvalue weighted by Gasteiger charge is 2.32. The zero-order valence-electron chi connectivity index (χ0n) is 10.2. The van der Waals surface area contributed by atoms with Gasteiger partial charge in [0, 0.05) is 13.0 Å². The summed E-state index contributed by atoms with van der Waals surface area (Å²) in [5, 5.41) is 1.88. The summed E-state index contributed by atoms with van der Waals surface area (Å²) in [7, 11) is 0. The molecular formula is C13H17NO2S. The molecule has 0 saturated carbocycles. The number of Topliss-reactive ketones (excluding diaryl/α,β-unsaturated/α-hetero) is 1. The molecule has 0 radical (unpaired) electrons. The smallest absolute Gasteiger partial charge is 0.223 e. The number of rotatable bonds is 4. The third kappa shape index (κ3) is 2.75. The van der Waals surface area contributed by atoms with Gasteiger partial charge in [0.2, 0.25) is 5.91 Å². The average Bonchev–Trinajstić information content (AvgIpc) is 2.88. The quantitative estimate of drug-likeness (QED) is 0.771. The number of hydrogen-bond donors (Lipinski definition) is 0. The van der Waals surface area contributed by atoms with Crippen LogP contribution in [-0.4, -0.2) is 29.7 Å². The summed E-state index contributed by atoms with van der Waals surface area (Å²) in [5.74, 6) is 1.07. The number of amides is 1. The zero-order valence-corrected chi connectivity index (χ0v) is 11.0. The van der Waals surface area contributed by atoms with Gasteiger partial charge in [0.25, 0.3) is 0 Å². The van der Waals surface area contributed by atoms with Gasteiger partial charge >= 0.3 is 0 Å². The Morgan fingerprint density at radius 3 is 2.88 bits per heavy atom. The maximum Gasteiger partial charge on any atom is 0.223 e. The van der Waals surface area contributed by atoms with Crippen LogP contribution in [0.2, 0.25) is 0 Å². The van der Waals surface area contributed by atoms with Crippen molar-refractivity contribution in [1.82, 2.24) is 4.90 Å². The Labute approximate surface area is 105 Å². The van der Waals surface area contributed by atoms with E-state index in [9.17, 15) is 9.59 Å². The second-order valence-electron chi connectivity index (χ2n) is 4.88. The summed E-state index contributed by atoms with van der Waals surface area (Å²) >= 11 is 1.44. The Bertz CT molecular complexity index is 411. The molecule has 1 amide bonds. The van der Waals surface area contributed by atoms with Gasteiger partial charge in [-0.25, -0.2) is 0 Å². The minimum Gasteiger partial charge on any atom is -0.335 e. The first-order valence-corrected chi connectivity index (χ1v) is 6.80. The molecule has 1 unspecified atom stereocenters. The molecule has 1 saturated heterocycles. The maximum atomic E-state index is 11.9. The van der Waals surface area contributed by atoms with Gasteiger partial charge in [0.15, 0.2) is 5.78 Å². The minimum absolute atomic E-state index is 0.0535. The van der Waals surface area contributed by atoms with Crippen LogP contribution in [0.3, 0.4) is 0 Å². The van der Waals surface area contributed by atoms with Crippen LogP contribution in [0, 0.1) is 11.8 Å². The van der Waals surface area contributed by atoms with E-state index >= 15 is 0 Å². The molecule has 17 heavy (non-hydrogen) atoms. The molecule has 4 heteroatoms. The zero-order chi connectivity index (χ0) is 12.4. The van der Waals surface area contributed by atoms with E-state index in [1.807, 2.05) is 17.5 Å². The molecule has 1 atom stereocenters. The second-order valence-corrected chi connectivity index (χ2v) is 5.83. The topological polar surface area (TPSA) is 37.4 Å². The van der Waals surface area contributed by atoms with Crippen LogP contribution in [0.15, 0.2) is 17.5 Å². The molecule has 0 aromatic carbocycles. The molecule has 0 bridgehead atoms. The summed E-state index contributed by atoms with van der Waals surface area (Å²) in [6.45, 7) is 5.22. The number of likely N-dealkylation sites (tertiary alicyclic amines) is 1. The number of hydrogen-bond acceptors (Lipinski definition) is 3. The fourth-order valence-corrected chi connectivity index (χ4v) is 2.75. The SMILES string of the molecule is CC(C)C1CC(=O)N(CC(=O)c2cccs2)C1. The molecule has 2 rings (SSSR count). The molecule has 0 N–H and O–H groups in total. The standard InChI is InChI=1S/C13H17NO2S/c1-9(2)10-6-13(16)14(7-10)8-11(15)12-4-3-5-17-12/h3-5,9-10H,6-8H2,1-2H3. The molecule has 0 aliphatic carbocycles. The fraction of sp³-hybridized carbons (Fsp3) is 0.538. The Morgan fingerprint density at radius 1 is 1.59 bits per heavy atom. The lowest BCUT2D eigenvalue weighted by Gasteiger charge is -2.16. The van der Waals surface area contributed by atoms with E-state index in [4.69, 9.17) is 0 Å². The predicted octanol–water partition coefficient (Wildman–Crippen LogP) is 2.44. The largest absolute Gasteiger partial charge is 0.335 e. The molecule has 1 aliphatic heterocycles. The van der Waals surface area contributed by atoms with Crippen molar-refractivity contribution >= 4 is 23.0 Å². The lowest BCUT2D eigenvalue weighted by molar-refractivity contribution is -0.127. The monoisotopic (exact) mass is 251 g/mol. The van der Waals surface area contributed by atoms with Crippen LogP contribution >= 0.6 is 11.3 Å². The van der Waals surface area contributed by atoms with Crippen LogP contribution in [0.5, 0.6) is 0 Å². The van der Waals surface area contributed by atoms with Gasteiger partial charge < -0.3 is 4.90 Å². The van der Waals surface area contributed by atoms with Gasteiger partial charge in [-0.3, -0.25) is 9.59 Å². The first kappa shape index (κ1) is 12.3. The molecule has 1 fully saturated rings. The van der Waals surface area contributed by atoms with Crippen molar-refractivity contribution in [2.24, 2.45) is 11.8 Å². The summed E-state index contributed by atoms with van der Waals surface area (Å²) in [5.41, 5.74) is 0. The van der Waals surface area contributed by atoms with E-state index in [-0.39, 0.29) is 18.2 Å². The summed E-state index contributed by atoms with van der Waals surface area (Å²) < 4.78 is 0. The highest BCUT2D eigenvalue weighted by atomic mass is 32.1. The van der Waals surface area contributed by atoms with Crippen LogP contribution in [-0.2, 0) is 4.79 Å². The van der Waals surface area contributed by atoms with Crippen molar-refractivity contribution in [3.8, 4) is 0 Å². The van der Waals surface area contributed by atoms with Crippen LogP contribution < -0.4 is 0 Å². The average molecular weight is 251 g/mol. The normalized spacial score (nSPS) is 20.3. The first-order valence-electron chi connectivity index (χ1n) is 5.92. The van der Waals surface area contributed by atoms with E-state index in [2.05, 4.69) is 13.8 Å². The van der Waals surface area contributed by atoms with Crippen LogP contribution in [0.4, 0.5) is 0 Å². The number of nitrogens with zero attached hydrogens (tertiary/aromatic N) is 1. The molecule has 1 aliphatic rings. The van der Waals surface area contributed by atoms with Crippen molar-refractivity contribution in [1.29, 1.82) is 0 Å². The van der Waals surface area contributed by atoms with Crippen LogP contribution in [0.1, 0.15) is 29.9 Å². The lowest BCUT2D eigenvalue weighted by Crippen LogP contribution is -2.31. The predicted molar refractivity (Wildman–Crippen MR) is 68.2 cm³/mol. The number of ketones is 1. The van der Waals surface area contributed by atoms with Gasteiger partial charge in [-0.05, 0) is 23.3 Å². The van der Waals surface area contributed by atoms with Crippen molar-refractivity contribution in [2.75, 3.05) is 13.1 Å². The number of carbonyl (C=O) groups excluding carboxylic acids is 2. The Balaban J connectivity index is 1.96. The lowest BCUT2D eigenvalue weighted by atomic mass is 9.95. The van der Waals surface area contributed by atoms with E-state index in [0.717, 1.165) is 11.4 Å². The van der Waals surface area contributed by atoms with Gasteiger partial charge in [-0.1, -0.05) is 19.9 Å². The molecule has 92 valence electrons. The molecule has 1 aromatic rings. The van der Waals surface area contributed by atoms with E-state index < -0.39 is 0 Å².